The highest BCUT2D eigenvalue weighted by Gasteiger charge is 2.20. The number of rotatable bonds is 4. The van der Waals surface area contributed by atoms with Gasteiger partial charge in [0.1, 0.15) is 0 Å². The molecule has 0 spiro atoms. The van der Waals surface area contributed by atoms with E-state index in [2.05, 4.69) is 40.1 Å². The molecule has 1 aliphatic carbocycles. The summed E-state index contributed by atoms with van der Waals surface area (Å²) in [5.74, 6) is 6.49. The third-order valence-corrected chi connectivity index (χ3v) is 5.16. The lowest BCUT2D eigenvalue weighted by molar-refractivity contribution is 0.400. The highest BCUT2D eigenvalue weighted by atomic mass is 127. The van der Waals surface area contributed by atoms with Gasteiger partial charge < -0.3 is 0 Å². The molecule has 1 saturated carbocycles. The number of nitrogens with one attached hydrogen (secondary N) is 1. The fourth-order valence-electron chi connectivity index (χ4n) is 2.61. The van der Waals surface area contributed by atoms with Crippen molar-refractivity contribution in [1.82, 2.24) is 5.43 Å². The van der Waals surface area contributed by atoms with Crippen LogP contribution in [0.3, 0.4) is 0 Å². The van der Waals surface area contributed by atoms with Crippen molar-refractivity contribution in [2.45, 2.75) is 38.1 Å². The Kier molecular flexibility index (Phi) is 5.09. The summed E-state index contributed by atoms with van der Waals surface area (Å²) >= 11 is 8.40. The van der Waals surface area contributed by atoms with Crippen molar-refractivity contribution in [3.8, 4) is 0 Å². The second kappa shape index (κ2) is 6.36. The van der Waals surface area contributed by atoms with Crippen LogP contribution in [0.5, 0.6) is 0 Å². The van der Waals surface area contributed by atoms with Crippen LogP contribution >= 0.6 is 34.2 Å². The van der Waals surface area contributed by atoms with E-state index in [1.807, 2.05) is 6.07 Å². The summed E-state index contributed by atoms with van der Waals surface area (Å²) in [6, 6.07) is 6.43. The van der Waals surface area contributed by atoms with Gasteiger partial charge >= 0.3 is 0 Å². The number of hydrogen-bond donors (Lipinski definition) is 2. The van der Waals surface area contributed by atoms with Gasteiger partial charge in [0.2, 0.25) is 0 Å². The molecule has 1 aromatic rings. The predicted molar refractivity (Wildman–Crippen MR) is 80.8 cm³/mol. The highest BCUT2D eigenvalue weighted by molar-refractivity contribution is 14.1. The second-order valence-corrected chi connectivity index (χ2v) is 6.35. The van der Waals surface area contributed by atoms with Gasteiger partial charge in [0.15, 0.2) is 0 Å². The maximum atomic E-state index is 6.16. The van der Waals surface area contributed by atoms with Crippen LogP contribution in [-0.4, -0.2) is 0 Å². The molecule has 0 saturated heterocycles. The van der Waals surface area contributed by atoms with E-state index in [1.165, 1.54) is 31.2 Å². The van der Waals surface area contributed by atoms with Gasteiger partial charge in [-0.25, -0.2) is 0 Å². The molecule has 0 heterocycles. The molecule has 0 bridgehead atoms. The normalized spacial score (nSPS) is 18.5. The average Bonchev–Trinajstić information content (AvgIpc) is 2.82. The molecule has 4 heteroatoms. The van der Waals surface area contributed by atoms with E-state index in [0.717, 1.165) is 20.9 Å². The van der Waals surface area contributed by atoms with E-state index in [4.69, 9.17) is 17.4 Å². The van der Waals surface area contributed by atoms with Crippen LogP contribution < -0.4 is 11.3 Å². The Bertz CT molecular complexity index is 378. The molecule has 94 valence electrons. The SMILES string of the molecule is NNC(CC1CCCC1)c1ccc(I)c(Cl)c1. The molecular formula is C13H18ClIN2. The lowest BCUT2D eigenvalue weighted by atomic mass is 9.94. The minimum atomic E-state index is 0.229. The standard InChI is InChI=1S/C13H18ClIN2/c14-11-8-10(5-6-12(11)15)13(17-16)7-9-3-1-2-4-9/h5-6,8-9,13,17H,1-4,7,16H2. The number of nitrogens with two attached hydrogens (primary N) is 1. The van der Waals surface area contributed by atoms with Crippen LogP contribution in [0.15, 0.2) is 18.2 Å². The molecule has 0 aromatic heterocycles. The second-order valence-electron chi connectivity index (χ2n) is 4.78. The molecule has 1 aliphatic rings. The van der Waals surface area contributed by atoms with Crippen molar-refractivity contribution in [2.24, 2.45) is 11.8 Å². The van der Waals surface area contributed by atoms with Gasteiger partial charge in [-0.1, -0.05) is 43.4 Å². The molecule has 0 radical (unpaired) electrons. The fraction of sp³-hybridized carbons (Fsp3) is 0.538. The first kappa shape index (κ1) is 13.6. The Morgan fingerprint density at radius 3 is 2.71 bits per heavy atom. The van der Waals surface area contributed by atoms with E-state index >= 15 is 0 Å². The first-order chi connectivity index (χ1) is 8.20. The molecule has 1 fully saturated rings. The topological polar surface area (TPSA) is 38.0 Å². The molecule has 3 N–H and O–H groups in total. The summed E-state index contributed by atoms with van der Waals surface area (Å²) in [4.78, 5) is 0. The van der Waals surface area contributed by atoms with E-state index in [-0.39, 0.29) is 6.04 Å². The van der Waals surface area contributed by atoms with E-state index < -0.39 is 0 Å². The van der Waals surface area contributed by atoms with Crippen molar-refractivity contribution >= 4 is 34.2 Å². The Morgan fingerprint density at radius 2 is 2.12 bits per heavy atom. The summed E-state index contributed by atoms with van der Waals surface area (Å²) in [5, 5.41) is 0.815. The first-order valence-electron chi connectivity index (χ1n) is 6.12. The van der Waals surface area contributed by atoms with Crippen LogP contribution in [0.4, 0.5) is 0 Å². The van der Waals surface area contributed by atoms with Gasteiger partial charge in [0.25, 0.3) is 0 Å². The zero-order valence-corrected chi connectivity index (χ0v) is 12.7. The Balaban J connectivity index is 2.08. The van der Waals surface area contributed by atoms with Crippen LogP contribution in [0, 0.1) is 9.49 Å². The fourth-order valence-corrected chi connectivity index (χ4v) is 3.13. The molecule has 1 atom stereocenters. The summed E-state index contributed by atoms with van der Waals surface area (Å²) in [6.45, 7) is 0. The van der Waals surface area contributed by atoms with E-state index in [9.17, 15) is 0 Å². The molecule has 0 aliphatic heterocycles. The van der Waals surface area contributed by atoms with Crippen molar-refractivity contribution in [1.29, 1.82) is 0 Å². The third kappa shape index (κ3) is 3.56. The van der Waals surface area contributed by atoms with Crippen molar-refractivity contribution in [3.63, 3.8) is 0 Å². The number of benzene rings is 1. The van der Waals surface area contributed by atoms with Crippen molar-refractivity contribution in [2.75, 3.05) is 0 Å². The highest BCUT2D eigenvalue weighted by Crippen LogP contribution is 2.33. The van der Waals surface area contributed by atoms with Gasteiger partial charge in [0, 0.05) is 9.61 Å². The average molecular weight is 365 g/mol. The van der Waals surface area contributed by atoms with Crippen LogP contribution in [0.1, 0.15) is 43.7 Å². The Hall–Kier alpha value is 0.160. The number of halogens is 2. The Labute approximate surface area is 121 Å². The summed E-state index contributed by atoms with van der Waals surface area (Å²) < 4.78 is 1.09. The van der Waals surface area contributed by atoms with Gasteiger partial charge in [0.05, 0.1) is 5.02 Å². The minimum absolute atomic E-state index is 0.229. The molecule has 2 rings (SSSR count). The third-order valence-electron chi connectivity index (χ3n) is 3.59. The zero-order valence-electron chi connectivity index (χ0n) is 9.76. The summed E-state index contributed by atoms with van der Waals surface area (Å²) in [7, 11) is 0. The number of hydrazine groups is 1. The lowest BCUT2D eigenvalue weighted by Crippen LogP contribution is -2.29. The largest absolute Gasteiger partial charge is 0.271 e. The quantitative estimate of drug-likeness (QED) is 0.481. The van der Waals surface area contributed by atoms with Gasteiger partial charge in [-0.15, -0.1) is 0 Å². The van der Waals surface area contributed by atoms with Crippen molar-refractivity contribution in [3.05, 3.63) is 32.4 Å². The molecule has 17 heavy (non-hydrogen) atoms. The zero-order chi connectivity index (χ0) is 12.3. The van der Waals surface area contributed by atoms with Crippen LogP contribution in [0.25, 0.3) is 0 Å². The first-order valence-corrected chi connectivity index (χ1v) is 7.57. The smallest absolute Gasteiger partial charge is 0.0542 e. The maximum absolute atomic E-state index is 6.16. The van der Waals surface area contributed by atoms with Gasteiger partial charge in [-0.2, -0.15) is 0 Å². The van der Waals surface area contributed by atoms with Crippen LogP contribution in [0.2, 0.25) is 5.02 Å². The predicted octanol–water partition coefficient (Wildman–Crippen LogP) is 4.03. The van der Waals surface area contributed by atoms with E-state index in [0.29, 0.717) is 0 Å². The lowest BCUT2D eigenvalue weighted by Gasteiger charge is -2.20. The van der Waals surface area contributed by atoms with Crippen LogP contribution in [-0.2, 0) is 0 Å². The maximum Gasteiger partial charge on any atom is 0.0542 e. The minimum Gasteiger partial charge on any atom is -0.271 e. The molecule has 2 nitrogen and oxygen atoms in total. The summed E-state index contributed by atoms with van der Waals surface area (Å²) in [6.07, 6.45) is 6.55. The summed E-state index contributed by atoms with van der Waals surface area (Å²) in [5.41, 5.74) is 4.13. The molecule has 0 amide bonds. The van der Waals surface area contributed by atoms with Crippen molar-refractivity contribution < 1.29 is 0 Å². The molecule has 1 aromatic carbocycles. The van der Waals surface area contributed by atoms with E-state index in [1.54, 1.807) is 0 Å². The molecule has 1 unspecified atom stereocenters. The Morgan fingerprint density at radius 1 is 1.41 bits per heavy atom. The van der Waals surface area contributed by atoms with Gasteiger partial charge in [-0.05, 0) is 52.6 Å². The number of hydrogen-bond acceptors (Lipinski definition) is 2. The molecular weight excluding hydrogens is 347 g/mol. The monoisotopic (exact) mass is 364 g/mol. The van der Waals surface area contributed by atoms with Gasteiger partial charge in [-0.3, -0.25) is 11.3 Å².